The molecule has 0 amide bonds. The zero-order valence-electron chi connectivity index (χ0n) is 13.6. The average molecular weight is 289 g/mol. The Morgan fingerprint density at radius 2 is 1.81 bits per heavy atom. The van der Waals surface area contributed by atoms with E-state index in [0.717, 1.165) is 31.4 Å². The van der Waals surface area contributed by atoms with Crippen molar-refractivity contribution in [2.45, 2.75) is 52.0 Å². The summed E-state index contributed by atoms with van der Waals surface area (Å²) in [5, 5.41) is 3.46. The lowest BCUT2D eigenvalue weighted by molar-refractivity contribution is -0.147. The first-order valence-corrected chi connectivity index (χ1v) is 7.90. The van der Waals surface area contributed by atoms with Gasteiger partial charge in [0.1, 0.15) is 5.54 Å². The first kappa shape index (κ1) is 15.9. The average Bonchev–Trinajstić information content (AvgIpc) is 2.49. The van der Waals surface area contributed by atoms with Crippen LogP contribution in [0.5, 0.6) is 0 Å². The number of anilines is 1. The van der Waals surface area contributed by atoms with E-state index in [1.807, 2.05) is 12.1 Å². The number of carbonyl (C=O) groups is 1. The maximum atomic E-state index is 12.4. The van der Waals surface area contributed by atoms with Crippen LogP contribution in [0.15, 0.2) is 24.3 Å². The van der Waals surface area contributed by atoms with E-state index in [1.54, 1.807) is 0 Å². The molecule has 0 spiro atoms. The molecule has 0 atom stereocenters. The summed E-state index contributed by atoms with van der Waals surface area (Å²) in [7, 11) is 1.48. The number of ether oxygens (including phenoxy) is 1. The molecule has 0 saturated heterocycles. The normalized spacial score (nSPS) is 25.7. The van der Waals surface area contributed by atoms with Gasteiger partial charge in [-0.15, -0.1) is 0 Å². The highest BCUT2D eigenvalue weighted by atomic mass is 16.5. The number of aryl methyl sites for hydroxylation is 1. The molecule has 1 fully saturated rings. The lowest BCUT2D eigenvalue weighted by Gasteiger charge is -2.40. The minimum atomic E-state index is -0.560. The second kappa shape index (κ2) is 6.50. The van der Waals surface area contributed by atoms with Gasteiger partial charge in [0.25, 0.3) is 0 Å². The van der Waals surface area contributed by atoms with Crippen LogP contribution in [0.1, 0.15) is 45.1 Å². The molecule has 0 bridgehead atoms. The molecule has 21 heavy (non-hydrogen) atoms. The molecule has 3 heteroatoms. The minimum absolute atomic E-state index is 0.134. The number of carbonyl (C=O) groups excluding carboxylic acids is 1. The second-order valence-electron chi connectivity index (χ2n) is 6.65. The highest BCUT2D eigenvalue weighted by Crippen LogP contribution is 2.38. The van der Waals surface area contributed by atoms with Gasteiger partial charge >= 0.3 is 5.97 Å². The Hall–Kier alpha value is -1.51. The van der Waals surface area contributed by atoms with Gasteiger partial charge in [-0.05, 0) is 56.6 Å². The zero-order chi connectivity index (χ0) is 15.5. The Bertz CT molecular complexity index is 470. The van der Waals surface area contributed by atoms with Crippen molar-refractivity contribution in [1.29, 1.82) is 0 Å². The lowest BCUT2D eigenvalue weighted by Crippen LogP contribution is -2.50. The summed E-state index contributed by atoms with van der Waals surface area (Å²) in [6, 6.07) is 8.20. The number of hydrogen-bond acceptors (Lipinski definition) is 3. The molecular weight excluding hydrogens is 262 g/mol. The van der Waals surface area contributed by atoms with Crippen molar-refractivity contribution in [1.82, 2.24) is 0 Å². The van der Waals surface area contributed by atoms with Gasteiger partial charge in [0.05, 0.1) is 7.11 Å². The molecule has 0 aliphatic heterocycles. The number of hydrogen-bond donors (Lipinski definition) is 1. The number of nitrogens with one attached hydrogen (secondary N) is 1. The van der Waals surface area contributed by atoms with E-state index >= 15 is 0 Å². The highest BCUT2D eigenvalue weighted by molar-refractivity contribution is 5.84. The molecule has 0 unspecified atom stereocenters. The third kappa shape index (κ3) is 3.58. The van der Waals surface area contributed by atoms with E-state index in [2.05, 4.69) is 38.2 Å². The molecule has 1 saturated carbocycles. The predicted octanol–water partition coefficient (Wildman–Crippen LogP) is 4.16. The zero-order valence-corrected chi connectivity index (χ0v) is 13.6. The maximum Gasteiger partial charge on any atom is 0.331 e. The summed E-state index contributed by atoms with van der Waals surface area (Å²) in [5.74, 6) is 1.26. The molecule has 1 aliphatic rings. The van der Waals surface area contributed by atoms with Crippen molar-refractivity contribution in [3.63, 3.8) is 0 Å². The van der Waals surface area contributed by atoms with Gasteiger partial charge in [0, 0.05) is 5.69 Å². The van der Waals surface area contributed by atoms with E-state index in [4.69, 9.17) is 4.74 Å². The molecule has 0 radical (unpaired) electrons. The molecule has 1 N–H and O–H groups in total. The molecule has 0 heterocycles. The Morgan fingerprint density at radius 1 is 1.24 bits per heavy atom. The van der Waals surface area contributed by atoms with E-state index < -0.39 is 5.54 Å². The Kier molecular flexibility index (Phi) is 4.92. The number of rotatable bonds is 4. The van der Waals surface area contributed by atoms with Crippen LogP contribution in [-0.4, -0.2) is 18.6 Å². The van der Waals surface area contributed by atoms with Gasteiger partial charge in [0.2, 0.25) is 0 Å². The Labute approximate surface area is 128 Å². The van der Waals surface area contributed by atoms with E-state index in [-0.39, 0.29) is 5.97 Å². The van der Waals surface area contributed by atoms with Crippen molar-refractivity contribution in [2.24, 2.45) is 11.8 Å². The van der Waals surface area contributed by atoms with Crippen molar-refractivity contribution in [3.05, 3.63) is 29.8 Å². The molecule has 3 nitrogen and oxygen atoms in total. The first-order chi connectivity index (χ1) is 9.97. The number of benzene rings is 1. The van der Waals surface area contributed by atoms with E-state index in [1.165, 1.54) is 12.7 Å². The SMILES string of the molecule is COC(=O)C1(Nc2ccc(C)cc2)CCC(C(C)C)CC1. The molecular formula is C18H27NO2. The van der Waals surface area contributed by atoms with Crippen LogP contribution in [0.4, 0.5) is 5.69 Å². The van der Waals surface area contributed by atoms with Crippen LogP contribution >= 0.6 is 0 Å². The third-order valence-corrected chi connectivity index (χ3v) is 4.84. The lowest BCUT2D eigenvalue weighted by atomic mass is 9.72. The fourth-order valence-electron chi connectivity index (χ4n) is 3.29. The molecule has 1 aliphatic carbocycles. The number of methoxy groups -OCH3 is 1. The standard InChI is InChI=1S/C18H27NO2/c1-13(2)15-9-11-18(12-10-15,17(20)21-4)19-16-7-5-14(3)6-8-16/h5-8,13,15,19H,9-12H2,1-4H3. The molecule has 116 valence electrons. The summed E-state index contributed by atoms with van der Waals surface area (Å²) in [5.41, 5.74) is 1.65. The monoisotopic (exact) mass is 289 g/mol. The topological polar surface area (TPSA) is 38.3 Å². The molecule has 0 aromatic heterocycles. The van der Waals surface area contributed by atoms with Crippen LogP contribution in [0.3, 0.4) is 0 Å². The van der Waals surface area contributed by atoms with Crippen LogP contribution in [0.2, 0.25) is 0 Å². The van der Waals surface area contributed by atoms with E-state index in [9.17, 15) is 4.79 Å². The van der Waals surface area contributed by atoms with E-state index in [0.29, 0.717) is 11.8 Å². The van der Waals surface area contributed by atoms with Crippen LogP contribution in [-0.2, 0) is 9.53 Å². The second-order valence-corrected chi connectivity index (χ2v) is 6.65. The van der Waals surface area contributed by atoms with Crippen LogP contribution in [0.25, 0.3) is 0 Å². The summed E-state index contributed by atoms with van der Waals surface area (Å²) in [6.07, 6.45) is 3.84. The minimum Gasteiger partial charge on any atom is -0.467 e. The summed E-state index contributed by atoms with van der Waals surface area (Å²) in [4.78, 5) is 12.4. The Balaban J connectivity index is 2.15. The highest BCUT2D eigenvalue weighted by Gasteiger charge is 2.43. The predicted molar refractivity (Wildman–Crippen MR) is 86.3 cm³/mol. The van der Waals surface area contributed by atoms with Crippen molar-refractivity contribution in [3.8, 4) is 0 Å². The summed E-state index contributed by atoms with van der Waals surface area (Å²) >= 11 is 0. The Morgan fingerprint density at radius 3 is 2.29 bits per heavy atom. The van der Waals surface area contributed by atoms with Gasteiger partial charge < -0.3 is 10.1 Å². The van der Waals surface area contributed by atoms with Crippen LogP contribution < -0.4 is 5.32 Å². The third-order valence-electron chi connectivity index (χ3n) is 4.84. The summed E-state index contributed by atoms with van der Waals surface area (Å²) < 4.78 is 5.08. The maximum absolute atomic E-state index is 12.4. The molecule has 1 aromatic rings. The van der Waals surface area contributed by atoms with Crippen molar-refractivity contribution < 1.29 is 9.53 Å². The van der Waals surface area contributed by atoms with Gasteiger partial charge in [-0.3, -0.25) is 0 Å². The summed E-state index contributed by atoms with van der Waals surface area (Å²) in [6.45, 7) is 6.60. The molecule has 2 rings (SSSR count). The fraction of sp³-hybridized carbons (Fsp3) is 0.611. The van der Waals surface area contributed by atoms with Gasteiger partial charge in [0.15, 0.2) is 0 Å². The number of esters is 1. The van der Waals surface area contributed by atoms with Gasteiger partial charge in [-0.2, -0.15) is 0 Å². The van der Waals surface area contributed by atoms with Crippen molar-refractivity contribution in [2.75, 3.05) is 12.4 Å². The van der Waals surface area contributed by atoms with Crippen LogP contribution in [0, 0.1) is 18.8 Å². The van der Waals surface area contributed by atoms with Gasteiger partial charge in [-0.1, -0.05) is 31.5 Å². The smallest absolute Gasteiger partial charge is 0.331 e. The van der Waals surface area contributed by atoms with Gasteiger partial charge in [-0.25, -0.2) is 4.79 Å². The fourth-order valence-corrected chi connectivity index (χ4v) is 3.29. The van der Waals surface area contributed by atoms with Crippen molar-refractivity contribution >= 4 is 11.7 Å². The quantitative estimate of drug-likeness (QED) is 0.846. The molecule has 1 aromatic carbocycles. The largest absolute Gasteiger partial charge is 0.467 e. The first-order valence-electron chi connectivity index (χ1n) is 7.90.